The van der Waals surface area contributed by atoms with Gasteiger partial charge >= 0.3 is 5.92 Å². The van der Waals surface area contributed by atoms with E-state index in [0.29, 0.717) is 11.3 Å². The Labute approximate surface area is 131 Å². The van der Waals surface area contributed by atoms with E-state index in [4.69, 9.17) is 10.5 Å². The van der Waals surface area contributed by atoms with Gasteiger partial charge in [-0.2, -0.15) is 8.78 Å². The first-order valence-electron chi connectivity index (χ1n) is 6.51. The maximum Gasteiger partial charge on any atom is 0.306 e. The molecule has 112 valence electrons. The van der Waals surface area contributed by atoms with Gasteiger partial charge in [-0.25, -0.2) is 0 Å². The number of hydrogen-bond acceptors (Lipinski definition) is 2. The molecule has 0 amide bonds. The first kappa shape index (κ1) is 15.9. The molecule has 0 saturated heterocycles. The number of benzene rings is 2. The third-order valence-electron chi connectivity index (χ3n) is 3.07. The zero-order chi connectivity index (χ0) is 15.5. The summed E-state index contributed by atoms with van der Waals surface area (Å²) >= 11 is 3.30. The molecule has 0 saturated carbocycles. The molecule has 2 rings (SSSR count). The van der Waals surface area contributed by atoms with E-state index in [2.05, 4.69) is 15.9 Å². The van der Waals surface area contributed by atoms with Gasteiger partial charge in [0.1, 0.15) is 5.75 Å². The van der Waals surface area contributed by atoms with Gasteiger partial charge in [0.15, 0.2) is 6.61 Å². The molecule has 2 N–H and O–H groups in total. The lowest BCUT2D eigenvalue weighted by atomic mass is 10.1. The Morgan fingerprint density at radius 2 is 1.86 bits per heavy atom. The van der Waals surface area contributed by atoms with Gasteiger partial charge in [0.25, 0.3) is 0 Å². The van der Waals surface area contributed by atoms with Crippen molar-refractivity contribution < 1.29 is 13.5 Å². The van der Waals surface area contributed by atoms with E-state index in [0.717, 1.165) is 4.47 Å². The largest absolute Gasteiger partial charge is 0.487 e. The molecule has 0 aliphatic carbocycles. The van der Waals surface area contributed by atoms with Crippen molar-refractivity contribution in [3.05, 3.63) is 64.1 Å². The minimum atomic E-state index is -3.06. The molecule has 0 spiro atoms. The van der Waals surface area contributed by atoms with Crippen molar-refractivity contribution in [2.24, 2.45) is 5.73 Å². The summed E-state index contributed by atoms with van der Waals surface area (Å²) in [6, 6.07) is 12.6. The zero-order valence-electron chi connectivity index (χ0n) is 11.5. The molecule has 0 aromatic heterocycles. The van der Waals surface area contributed by atoms with Gasteiger partial charge in [0.2, 0.25) is 0 Å². The zero-order valence-corrected chi connectivity index (χ0v) is 13.1. The summed E-state index contributed by atoms with van der Waals surface area (Å²) in [5.74, 6) is -2.69. The summed E-state index contributed by atoms with van der Waals surface area (Å²) < 4.78 is 34.3. The number of rotatable bonds is 5. The third-order valence-corrected chi connectivity index (χ3v) is 3.56. The van der Waals surface area contributed by atoms with Gasteiger partial charge in [-0.3, -0.25) is 0 Å². The molecule has 0 aliphatic heterocycles. The highest BCUT2D eigenvalue weighted by Crippen LogP contribution is 2.32. The van der Waals surface area contributed by atoms with E-state index >= 15 is 0 Å². The summed E-state index contributed by atoms with van der Waals surface area (Å²) in [5.41, 5.74) is 6.46. The molecule has 0 aliphatic rings. The predicted octanol–water partition coefficient (Wildman–Crippen LogP) is 4.64. The Kier molecular flexibility index (Phi) is 4.96. The molecule has 5 heteroatoms. The first-order chi connectivity index (χ1) is 9.90. The monoisotopic (exact) mass is 355 g/mol. The van der Waals surface area contributed by atoms with Crippen molar-refractivity contribution in [2.45, 2.75) is 18.9 Å². The van der Waals surface area contributed by atoms with E-state index < -0.39 is 12.5 Å². The molecule has 21 heavy (non-hydrogen) atoms. The average Bonchev–Trinajstić information content (AvgIpc) is 2.46. The Hall–Kier alpha value is -1.46. The van der Waals surface area contributed by atoms with Crippen LogP contribution in [0.3, 0.4) is 0 Å². The molecule has 2 aromatic rings. The smallest absolute Gasteiger partial charge is 0.306 e. The lowest BCUT2D eigenvalue weighted by molar-refractivity contribution is -0.0470. The maximum absolute atomic E-state index is 14.1. The quantitative estimate of drug-likeness (QED) is 0.847. The Morgan fingerprint density at radius 3 is 2.48 bits per heavy atom. The van der Waals surface area contributed by atoms with Crippen molar-refractivity contribution in [3.63, 3.8) is 0 Å². The second-order valence-corrected chi connectivity index (χ2v) is 5.75. The standard InChI is InChI=1S/C16H16BrF2NO/c1-11(20)14-8-7-13(17)9-15(14)21-10-16(18,19)12-5-3-2-4-6-12/h2-9,11H,10,20H2,1H3/t11-/m1/s1. The fourth-order valence-electron chi connectivity index (χ4n) is 1.94. The van der Waals surface area contributed by atoms with Crippen LogP contribution in [0.15, 0.2) is 53.0 Å². The van der Waals surface area contributed by atoms with Crippen LogP contribution in [0.5, 0.6) is 5.75 Å². The minimum Gasteiger partial charge on any atom is -0.487 e. The summed E-state index contributed by atoms with van der Waals surface area (Å²) in [6.07, 6.45) is 0. The van der Waals surface area contributed by atoms with Gasteiger partial charge in [0, 0.05) is 21.6 Å². The predicted molar refractivity (Wildman–Crippen MR) is 82.6 cm³/mol. The van der Waals surface area contributed by atoms with Gasteiger partial charge in [0.05, 0.1) is 0 Å². The molecule has 2 aromatic carbocycles. The lowest BCUT2D eigenvalue weighted by Crippen LogP contribution is -2.23. The van der Waals surface area contributed by atoms with Crippen LogP contribution in [0.25, 0.3) is 0 Å². The highest BCUT2D eigenvalue weighted by atomic mass is 79.9. The van der Waals surface area contributed by atoms with E-state index in [1.807, 2.05) is 0 Å². The minimum absolute atomic E-state index is 0.0673. The van der Waals surface area contributed by atoms with Crippen LogP contribution < -0.4 is 10.5 Å². The summed E-state index contributed by atoms with van der Waals surface area (Å²) in [5, 5.41) is 0. The normalized spacial score (nSPS) is 13.0. The fraction of sp³-hybridized carbons (Fsp3) is 0.250. The van der Waals surface area contributed by atoms with Crippen LogP contribution in [0.2, 0.25) is 0 Å². The number of nitrogens with two attached hydrogens (primary N) is 1. The van der Waals surface area contributed by atoms with Crippen molar-refractivity contribution in [1.29, 1.82) is 0 Å². The molecule has 2 nitrogen and oxygen atoms in total. The molecular weight excluding hydrogens is 340 g/mol. The van der Waals surface area contributed by atoms with Gasteiger partial charge in [-0.05, 0) is 19.1 Å². The maximum atomic E-state index is 14.1. The van der Waals surface area contributed by atoms with E-state index in [-0.39, 0.29) is 11.6 Å². The van der Waals surface area contributed by atoms with E-state index in [9.17, 15) is 8.78 Å². The molecule has 0 bridgehead atoms. The van der Waals surface area contributed by atoms with Crippen molar-refractivity contribution in [2.75, 3.05) is 6.61 Å². The Morgan fingerprint density at radius 1 is 1.19 bits per heavy atom. The average molecular weight is 356 g/mol. The summed E-state index contributed by atoms with van der Waals surface area (Å²) in [6.45, 7) is 1.05. The summed E-state index contributed by atoms with van der Waals surface area (Å²) in [7, 11) is 0. The number of hydrogen-bond donors (Lipinski definition) is 1. The van der Waals surface area contributed by atoms with Crippen LogP contribution in [-0.2, 0) is 5.92 Å². The van der Waals surface area contributed by atoms with Crippen LogP contribution >= 0.6 is 15.9 Å². The van der Waals surface area contributed by atoms with Crippen LogP contribution in [0, 0.1) is 0 Å². The highest BCUT2D eigenvalue weighted by Gasteiger charge is 2.32. The number of ether oxygens (including phenoxy) is 1. The topological polar surface area (TPSA) is 35.2 Å². The third kappa shape index (κ3) is 4.02. The lowest BCUT2D eigenvalue weighted by Gasteiger charge is -2.20. The van der Waals surface area contributed by atoms with Crippen molar-refractivity contribution in [3.8, 4) is 5.75 Å². The van der Waals surface area contributed by atoms with E-state index in [1.165, 1.54) is 12.1 Å². The number of alkyl halides is 2. The SMILES string of the molecule is C[C@@H](N)c1ccc(Br)cc1OCC(F)(F)c1ccccc1. The molecule has 0 heterocycles. The first-order valence-corrected chi connectivity index (χ1v) is 7.30. The second kappa shape index (κ2) is 6.54. The highest BCUT2D eigenvalue weighted by molar-refractivity contribution is 9.10. The molecule has 0 unspecified atom stereocenters. The van der Waals surface area contributed by atoms with Gasteiger partial charge < -0.3 is 10.5 Å². The summed E-state index contributed by atoms with van der Waals surface area (Å²) in [4.78, 5) is 0. The second-order valence-electron chi connectivity index (χ2n) is 4.83. The number of halogens is 3. The molecule has 1 atom stereocenters. The van der Waals surface area contributed by atoms with Crippen molar-refractivity contribution >= 4 is 15.9 Å². The van der Waals surface area contributed by atoms with Crippen LogP contribution in [0.1, 0.15) is 24.1 Å². The Bertz CT molecular complexity index is 602. The molecule has 0 fully saturated rings. The molecule has 0 radical (unpaired) electrons. The fourth-order valence-corrected chi connectivity index (χ4v) is 2.28. The van der Waals surface area contributed by atoms with Crippen molar-refractivity contribution in [1.82, 2.24) is 0 Å². The Balaban J connectivity index is 2.18. The molecular formula is C16H16BrF2NO. The van der Waals surface area contributed by atoms with Crippen LogP contribution in [-0.4, -0.2) is 6.61 Å². The van der Waals surface area contributed by atoms with Gasteiger partial charge in [-0.15, -0.1) is 0 Å². The van der Waals surface area contributed by atoms with Crippen LogP contribution in [0.4, 0.5) is 8.78 Å². The van der Waals surface area contributed by atoms with E-state index in [1.54, 1.807) is 43.3 Å². The van der Waals surface area contributed by atoms with Gasteiger partial charge in [-0.1, -0.05) is 52.3 Å².